The van der Waals surface area contributed by atoms with Gasteiger partial charge in [-0.25, -0.2) is 0 Å². The summed E-state index contributed by atoms with van der Waals surface area (Å²) >= 11 is 3.54. The van der Waals surface area contributed by atoms with Crippen LogP contribution >= 0.6 is 15.9 Å². The highest BCUT2D eigenvalue weighted by Gasteiger charge is 2.12. The second kappa shape index (κ2) is 7.91. The van der Waals surface area contributed by atoms with Crippen LogP contribution in [0.4, 0.5) is 0 Å². The third-order valence-electron chi connectivity index (χ3n) is 3.76. The van der Waals surface area contributed by atoms with Gasteiger partial charge in [0, 0.05) is 22.6 Å². The molecule has 2 rings (SSSR count). The molecule has 1 aromatic carbocycles. The molecule has 1 aliphatic rings. The standard InChI is InChI=1S/C16H24BrNO/c1-2-19-16-10-9-14(17)11-13(16)12-18-15-7-5-3-4-6-8-15/h9-11,15,18H,2-8,12H2,1H3. The van der Waals surface area contributed by atoms with Gasteiger partial charge >= 0.3 is 0 Å². The predicted octanol–water partition coefficient (Wildman–Crippen LogP) is 4.66. The number of ether oxygens (including phenoxy) is 1. The molecule has 106 valence electrons. The van der Waals surface area contributed by atoms with Crippen LogP contribution in [-0.2, 0) is 6.54 Å². The van der Waals surface area contributed by atoms with Crippen molar-refractivity contribution in [2.75, 3.05) is 6.61 Å². The van der Waals surface area contributed by atoms with Crippen molar-refractivity contribution < 1.29 is 4.74 Å². The Balaban J connectivity index is 1.95. The number of hydrogen-bond donors (Lipinski definition) is 1. The fraction of sp³-hybridized carbons (Fsp3) is 0.625. The number of rotatable bonds is 5. The summed E-state index contributed by atoms with van der Waals surface area (Å²) in [5.74, 6) is 1.01. The zero-order valence-corrected chi connectivity index (χ0v) is 13.3. The Bertz CT molecular complexity index is 386. The van der Waals surface area contributed by atoms with Crippen molar-refractivity contribution in [3.63, 3.8) is 0 Å². The topological polar surface area (TPSA) is 21.3 Å². The fourth-order valence-electron chi connectivity index (χ4n) is 2.72. The van der Waals surface area contributed by atoms with Crippen LogP contribution < -0.4 is 10.1 Å². The molecule has 0 atom stereocenters. The van der Waals surface area contributed by atoms with Crippen LogP contribution in [0, 0.1) is 0 Å². The molecule has 3 heteroatoms. The number of halogens is 1. The van der Waals surface area contributed by atoms with Gasteiger partial charge in [-0.3, -0.25) is 0 Å². The van der Waals surface area contributed by atoms with Gasteiger partial charge in [0.15, 0.2) is 0 Å². The van der Waals surface area contributed by atoms with E-state index < -0.39 is 0 Å². The first-order valence-corrected chi connectivity index (χ1v) is 8.23. The second-order valence-electron chi connectivity index (χ2n) is 5.25. The maximum Gasteiger partial charge on any atom is 0.123 e. The highest BCUT2D eigenvalue weighted by molar-refractivity contribution is 9.10. The van der Waals surface area contributed by atoms with Crippen LogP contribution in [0.1, 0.15) is 51.0 Å². The zero-order chi connectivity index (χ0) is 13.5. The molecule has 0 amide bonds. The molecular weight excluding hydrogens is 302 g/mol. The van der Waals surface area contributed by atoms with Crippen molar-refractivity contribution in [3.8, 4) is 5.75 Å². The van der Waals surface area contributed by atoms with E-state index in [1.54, 1.807) is 0 Å². The molecule has 0 unspecified atom stereocenters. The van der Waals surface area contributed by atoms with Crippen molar-refractivity contribution in [1.82, 2.24) is 5.32 Å². The number of hydrogen-bond acceptors (Lipinski definition) is 2. The summed E-state index contributed by atoms with van der Waals surface area (Å²) in [6.07, 6.45) is 8.18. The summed E-state index contributed by atoms with van der Waals surface area (Å²) in [6.45, 7) is 3.65. The van der Waals surface area contributed by atoms with Crippen molar-refractivity contribution in [2.45, 2.75) is 58.0 Å². The molecule has 19 heavy (non-hydrogen) atoms. The molecule has 2 nitrogen and oxygen atoms in total. The monoisotopic (exact) mass is 325 g/mol. The summed E-state index contributed by atoms with van der Waals surface area (Å²) in [7, 11) is 0. The molecule has 0 spiro atoms. The molecule has 1 saturated carbocycles. The van der Waals surface area contributed by atoms with Crippen LogP contribution in [0.3, 0.4) is 0 Å². The van der Waals surface area contributed by atoms with Gasteiger partial charge in [0.2, 0.25) is 0 Å². The quantitative estimate of drug-likeness (QED) is 0.795. The molecule has 1 aliphatic carbocycles. The first-order valence-electron chi connectivity index (χ1n) is 7.44. The maximum atomic E-state index is 5.70. The van der Waals surface area contributed by atoms with Gasteiger partial charge in [-0.2, -0.15) is 0 Å². The Hall–Kier alpha value is -0.540. The highest BCUT2D eigenvalue weighted by atomic mass is 79.9. The van der Waals surface area contributed by atoms with Gasteiger partial charge in [0.05, 0.1) is 6.61 Å². The van der Waals surface area contributed by atoms with E-state index in [2.05, 4.69) is 33.4 Å². The van der Waals surface area contributed by atoms with E-state index in [-0.39, 0.29) is 0 Å². The molecular formula is C16H24BrNO. The van der Waals surface area contributed by atoms with Gasteiger partial charge in [0.25, 0.3) is 0 Å². The third-order valence-corrected chi connectivity index (χ3v) is 4.25. The van der Waals surface area contributed by atoms with E-state index in [1.807, 2.05) is 13.0 Å². The molecule has 1 aromatic rings. The molecule has 1 N–H and O–H groups in total. The Morgan fingerprint density at radius 3 is 2.63 bits per heavy atom. The van der Waals surface area contributed by atoms with Crippen molar-refractivity contribution in [3.05, 3.63) is 28.2 Å². The van der Waals surface area contributed by atoms with E-state index in [0.717, 1.165) is 23.4 Å². The van der Waals surface area contributed by atoms with Crippen LogP contribution in [0.15, 0.2) is 22.7 Å². The molecule has 0 heterocycles. The number of nitrogens with one attached hydrogen (secondary N) is 1. The smallest absolute Gasteiger partial charge is 0.123 e. The summed E-state index contributed by atoms with van der Waals surface area (Å²) in [5.41, 5.74) is 1.25. The molecule has 0 saturated heterocycles. The predicted molar refractivity (Wildman–Crippen MR) is 83.6 cm³/mol. The molecule has 1 fully saturated rings. The average Bonchev–Trinajstić information content (AvgIpc) is 2.68. The van der Waals surface area contributed by atoms with Crippen LogP contribution in [0.2, 0.25) is 0 Å². The average molecular weight is 326 g/mol. The van der Waals surface area contributed by atoms with Gasteiger partial charge in [-0.15, -0.1) is 0 Å². The van der Waals surface area contributed by atoms with E-state index in [9.17, 15) is 0 Å². The minimum absolute atomic E-state index is 0.677. The molecule has 0 bridgehead atoms. The Kier molecular flexibility index (Phi) is 6.18. The summed E-state index contributed by atoms with van der Waals surface area (Å²) < 4.78 is 6.81. The Labute approximate surface area is 125 Å². The summed E-state index contributed by atoms with van der Waals surface area (Å²) in [4.78, 5) is 0. The molecule has 0 aliphatic heterocycles. The lowest BCUT2D eigenvalue weighted by Crippen LogP contribution is -2.28. The maximum absolute atomic E-state index is 5.70. The van der Waals surface area contributed by atoms with E-state index >= 15 is 0 Å². The highest BCUT2D eigenvalue weighted by Crippen LogP contribution is 2.24. The Morgan fingerprint density at radius 1 is 1.21 bits per heavy atom. The van der Waals surface area contributed by atoms with Crippen molar-refractivity contribution in [1.29, 1.82) is 0 Å². The van der Waals surface area contributed by atoms with E-state index in [0.29, 0.717) is 6.04 Å². The SMILES string of the molecule is CCOc1ccc(Br)cc1CNC1CCCCCC1. The van der Waals surface area contributed by atoms with E-state index in [1.165, 1.54) is 44.1 Å². The normalized spacial score (nSPS) is 17.2. The molecule has 0 radical (unpaired) electrons. The van der Waals surface area contributed by atoms with Gasteiger partial charge in [0.1, 0.15) is 5.75 Å². The Morgan fingerprint density at radius 2 is 1.95 bits per heavy atom. The number of benzene rings is 1. The van der Waals surface area contributed by atoms with Crippen LogP contribution in [0.25, 0.3) is 0 Å². The minimum Gasteiger partial charge on any atom is -0.494 e. The minimum atomic E-state index is 0.677. The van der Waals surface area contributed by atoms with Crippen molar-refractivity contribution >= 4 is 15.9 Å². The third kappa shape index (κ3) is 4.81. The van der Waals surface area contributed by atoms with Gasteiger partial charge in [-0.1, -0.05) is 41.6 Å². The van der Waals surface area contributed by atoms with Crippen LogP contribution in [-0.4, -0.2) is 12.6 Å². The first kappa shape index (κ1) is 14.9. The van der Waals surface area contributed by atoms with Gasteiger partial charge in [-0.05, 0) is 38.0 Å². The molecule has 0 aromatic heterocycles. The zero-order valence-electron chi connectivity index (χ0n) is 11.8. The summed E-state index contributed by atoms with van der Waals surface area (Å²) in [5, 5.41) is 3.70. The lowest BCUT2D eigenvalue weighted by molar-refractivity contribution is 0.333. The van der Waals surface area contributed by atoms with Gasteiger partial charge < -0.3 is 10.1 Å². The summed E-state index contributed by atoms with van der Waals surface area (Å²) in [6, 6.07) is 6.93. The first-order chi connectivity index (χ1) is 9.29. The van der Waals surface area contributed by atoms with E-state index in [4.69, 9.17) is 4.74 Å². The van der Waals surface area contributed by atoms with Crippen LogP contribution in [0.5, 0.6) is 5.75 Å². The fourth-order valence-corrected chi connectivity index (χ4v) is 3.13. The largest absolute Gasteiger partial charge is 0.494 e. The second-order valence-corrected chi connectivity index (χ2v) is 6.17. The van der Waals surface area contributed by atoms with Crippen molar-refractivity contribution in [2.24, 2.45) is 0 Å². The lowest BCUT2D eigenvalue weighted by atomic mass is 10.1. The lowest BCUT2D eigenvalue weighted by Gasteiger charge is -2.18.